The van der Waals surface area contributed by atoms with Gasteiger partial charge < -0.3 is 14.7 Å². The molecule has 4 heterocycles. The Morgan fingerprint density at radius 3 is 2.63 bits per heavy atom. The molecule has 0 spiro atoms. The van der Waals surface area contributed by atoms with Gasteiger partial charge in [-0.2, -0.15) is 5.10 Å². The smallest absolute Gasteiger partial charge is 0.306 e. The zero-order valence-electron chi connectivity index (χ0n) is 14.7. The molecule has 0 aliphatic carbocycles. The van der Waals surface area contributed by atoms with Gasteiger partial charge in [0.15, 0.2) is 0 Å². The number of H-pyrrole nitrogens is 1. The van der Waals surface area contributed by atoms with Crippen LogP contribution in [0.5, 0.6) is 5.88 Å². The minimum absolute atomic E-state index is 0.0336. The van der Waals surface area contributed by atoms with Crippen molar-refractivity contribution in [3.8, 4) is 17.1 Å². The summed E-state index contributed by atoms with van der Waals surface area (Å²) in [6.45, 7) is 0. The number of piperidine rings is 1. The summed E-state index contributed by atoms with van der Waals surface area (Å²) in [5.74, 6) is -0.891. The first-order valence-corrected chi connectivity index (χ1v) is 9.16. The molecule has 0 aromatic carbocycles. The molecule has 8 nitrogen and oxygen atoms in total. The number of ether oxygens (including phenoxy) is 1. The van der Waals surface area contributed by atoms with E-state index in [9.17, 15) is 14.7 Å². The van der Waals surface area contributed by atoms with Gasteiger partial charge >= 0.3 is 5.97 Å². The molecule has 2 saturated heterocycles. The van der Waals surface area contributed by atoms with E-state index in [1.165, 1.54) is 13.3 Å². The number of carboxylic acids is 1. The average molecular weight is 391 g/mol. The van der Waals surface area contributed by atoms with Crippen LogP contribution < -0.4 is 4.74 Å². The molecule has 2 fully saturated rings. The van der Waals surface area contributed by atoms with Crippen LogP contribution in [0.4, 0.5) is 0 Å². The van der Waals surface area contributed by atoms with E-state index in [0.717, 1.165) is 12.8 Å². The highest BCUT2D eigenvalue weighted by atomic mass is 35.5. The molecular weight excluding hydrogens is 372 g/mol. The van der Waals surface area contributed by atoms with Crippen LogP contribution in [-0.2, 0) is 4.79 Å². The molecule has 2 aliphatic heterocycles. The number of hydrogen-bond donors (Lipinski definition) is 2. The van der Waals surface area contributed by atoms with Crippen molar-refractivity contribution in [1.29, 1.82) is 0 Å². The van der Waals surface area contributed by atoms with Crippen LogP contribution in [-0.4, -0.2) is 56.3 Å². The maximum absolute atomic E-state index is 13.0. The zero-order valence-corrected chi connectivity index (χ0v) is 15.4. The molecule has 9 heteroatoms. The molecule has 27 heavy (non-hydrogen) atoms. The summed E-state index contributed by atoms with van der Waals surface area (Å²) in [5, 5.41) is 16.7. The van der Waals surface area contributed by atoms with Gasteiger partial charge in [0.2, 0.25) is 5.88 Å². The van der Waals surface area contributed by atoms with Crippen molar-refractivity contribution in [2.45, 2.75) is 37.8 Å². The molecule has 3 atom stereocenters. The second-order valence-corrected chi connectivity index (χ2v) is 7.38. The highest BCUT2D eigenvalue weighted by Crippen LogP contribution is 2.40. The molecule has 142 valence electrons. The third-order valence-corrected chi connectivity index (χ3v) is 5.74. The summed E-state index contributed by atoms with van der Waals surface area (Å²) < 4.78 is 5.12. The lowest BCUT2D eigenvalue weighted by atomic mass is 9.90. The van der Waals surface area contributed by atoms with Crippen LogP contribution >= 0.6 is 11.6 Å². The summed E-state index contributed by atoms with van der Waals surface area (Å²) in [6, 6.07) is 3.25. The van der Waals surface area contributed by atoms with Gasteiger partial charge in [0.25, 0.3) is 5.91 Å². The lowest BCUT2D eigenvalue weighted by Gasteiger charge is -2.37. The fourth-order valence-corrected chi connectivity index (χ4v) is 4.35. The summed E-state index contributed by atoms with van der Waals surface area (Å²) in [5.41, 5.74) is 1.51. The van der Waals surface area contributed by atoms with Crippen molar-refractivity contribution in [2.75, 3.05) is 7.11 Å². The second kappa shape index (κ2) is 6.84. The monoisotopic (exact) mass is 390 g/mol. The quantitative estimate of drug-likeness (QED) is 0.830. The first kappa shape index (κ1) is 17.8. The number of amides is 1. The normalized spacial score (nSPS) is 24.1. The fraction of sp³-hybridized carbons (Fsp3) is 0.444. The Hall–Kier alpha value is -2.61. The molecule has 2 N–H and O–H groups in total. The highest BCUT2D eigenvalue weighted by molar-refractivity contribution is 6.33. The number of pyridine rings is 1. The van der Waals surface area contributed by atoms with Gasteiger partial charge in [-0.05, 0) is 31.7 Å². The van der Waals surface area contributed by atoms with Gasteiger partial charge in [-0.15, -0.1) is 0 Å². The van der Waals surface area contributed by atoms with E-state index in [-0.39, 0.29) is 23.9 Å². The summed E-state index contributed by atoms with van der Waals surface area (Å²) in [7, 11) is 1.51. The summed E-state index contributed by atoms with van der Waals surface area (Å²) >= 11 is 6.20. The second-order valence-electron chi connectivity index (χ2n) is 6.98. The number of carbonyl (C=O) groups excluding carboxylic acids is 1. The Labute approximate surface area is 160 Å². The Kier molecular flexibility index (Phi) is 4.51. The van der Waals surface area contributed by atoms with E-state index < -0.39 is 5.97 Å². The summed E-state index contributed by atoms with van der Waals surface area (Å²) in [6.07, 6.45) is 4.17. The van der Waals surface area contributed by atoms with E-state index in [1.807, 2.05) is 4.90 Å². The predicted octanol–water partition coefficient (Wildman–Crippen LogP) is 2.60. The standard InChI is InChI=1S/C18H19ClN4O4/c1-27-16-6-12(13(19)8-20-16)14-7-15(22-21-14)17(24)23-10-2-3-11(23)5-9(4-10)18(25)26/h6-11H,2-5H2,1H3,(H,21,22)(H,25,26)/t9?,10-,11+. The Bertz CT molecular complexity index is 885. The van der Waals surface area contributed by atoms with Crippen molar-refractivity contribution < 1.29 is 19.4 Å². The number of fused-ring (bicyclic) bond motifs is 2. The fourth-order valence-electron chi connectivity index (χ4n) is 4.15. The van der Waals surface area contributed by atoms with Crippen LogP contribution in [0, 0.1) is 5.92 Å². The third-order valence-electron chi connectivity index (χ3n) is 5.44. The molecular formula is C18H19ClN4O4. The largest absolute Gasteiger partial charge is 0.481 e. The molecule has 0 saturated carbocycles. The lowest BCUT2D eigenvalue weighted by molar-refractivity contribution is -0.144. The van der Waals surface area contributed by atoms with Crippen LogP contribution in [0.25, 0.3) is 11.3 Å². The van der Waals surface area contributed by atoms with Crippen molar-refractivity contribution in [3.63, 3.8) is 0 Å². The van der Waals surface area contributed by atoms with Crippen LogP contribution in [0.15, 0.2) is 18.3 Å². The number of nitrogens with one attached hydrogen (secondary N) is 1. The van der Waals surface area contributed by atoms with E-state index >= 15 is 0 Å². The number of nitrogens with zero attached hydrogens (tertiary/aromatic N) is 3. The Morgan fingerprint density at radius 2 is 2.00 bits per heavy atom. The Morgan fingerprint density at radius 1 is 1.30 bits per heavy atom. The van der Waals surface area contributed by atoms with E-state index in [1.54, 1.807) is 12.1 Å². The van der Waals surface area contributed by atoms with Gasteiger partial charge in [0.05, 0.1) is 29.9 Å². The Balaban J connectivity index is 1.58. The number of methoxy groups -OCH3 is 1. The molecule has 2 aromatic heterocycles. The zero-order chi connectivity index (χ0) is 19.1. The van der Waals surface area contributed by atoms with Crippen molar-refractivity contribution in [3.05, 3.63) is 29.0 Å². The van der Waals surface area contributed by atoms with Gasteiger partial charge in [0, 0.05) is 23.7 Å². The van der Waals surface area contributed by atoms with Crippen LogP contribution in [0.2, 0.25) is 5.02 Å². The molecule has 1 unspecified atom stereocenters. The first-order valence-electron chi connectivity index (χ1n) is 8.78. The van der Waals surface area contributed by atoms with Crippen LogP contribution in [0.1, 0.15) is 36.2 Å². The summed E-state index contributed by atoms with van der Waals surface area (Å²) in [4.78, 5) is 30.2. The van der Waals surface area contributed by atoms with Gasteiger partial charge in [-0.25, -0.2) is 4.98 Å². The minimum Gasteiger partial charge on any atom is -0.481 e. The maximum Gasteiger partial charge on any atom is 0.306 e. The predicted molar refractivity (Wildman–Crippen MR) is 96.7 cm³/mol. The average Bonchev–Trinajstić information content (AvgIpc) is 3.24. The molecule has 2 aromatic rings. The van der Waals surface area contributed by atoms with Crippen molar-refractivity contribution in [2.24, 2.45) is 5.92 Å². The highest BCUT2D eigenvalue weighted by Gasteiger charge is 2.45. The molecule has 2 bridgehead atoms. The van der Waals surface area contributed by atoms with Gasteiger partial charge in [0.1, 0.15) is 5.69 Å². The SMILES string of the molecule is COc1cc(-c2cc(C(=O)N3[C@@H]4CC[C@H]3CC(C(=O)O)C4)[nH]n2)c(Cl)cn1. The third kappa shape index (κ3) is 3.14. The lowest BCUT2D eigenvalue weighted by Crippen LogP contribution is -2.48. The van der Waals surface area contributed by atoms with E-state index in [4.69, 9.17) is 16.3 Å². The van der Waals surface area contributed by atoms with E-state index in [2.05, 4.69) is 15.2 Å². The van der Waals surface area contributed by atoms with E-state index in [0.29, 0.717) is 40.7 Å². The number of aromatic nitrogens is 3. The number of carbonyl (C=O) groups is 2. The topological polar surface area (TPSA) is 108 Å². The van der Waals surface area contributed by atoms with Gasteiger partial charge in [-0.1, -0.05) is 11.6 Å². The molecule has 0 radical (unpaired) electrons. The molecule has 1 amide bonds. The number of aromatic amines is 1. The first-order chi connectivity index (χ1) is 13.0. The van der Waals surface area contributed by atoms with Crippen LogP contribution in [0.3, 0.4) is 0 Å². The number of aliphatic carboxylic acids is 1. The van der Waals surface area contributed by atoms with Crippen molar-refractivity contribution >= 4 is 23.5 Å². The number of carboxylic acid groups (broad SMARTS) is 1. The number of hydrogen-bond acceptors (Lipinski definition) is 5. The van der Waals surface area contributed by atoms with Crippen molar-refractivity contribution in [1.82, 2.24) is 20.1 Å². The van der Waals surface area contributed by atoms with Gasteiger partial charge in [-0.3, -0.25) is 14.7 Å². The maximum atomic E-state index is 13.0. The minimum atomic E-state index is -0.774. The number of rotatable bonds is 4. The molecule has 4 rings (SSSR count). The molecule has 2 aliphatic rings. The number of halogens is 1.